The second kappa shape index (κ2) is 4.64. The van der Waals surface area contributed by atoms with Gasteiger partial charge in [-0.25, -0.2) is 13.1 Å². The fourth-order valence-corrected chi connectivity index (χ4v) is 3.24. The standard InChI is InChI=1S/C11H16N2O3S/c1-8-4-9(12)6-11(5-8)17(14,15)13-10-2-3-16-7-10/h4-6,10,13H,2-3,7,12H2,1H3. The summed E-state index contributed by atoms with van der Waals surface area (Å²) in [5.41, 5.74) is 6.93. The van der Waals surface area contributed by atoms with Crippen molar-refractivity contribution in [3.8, 4) is 0 Å². The van der Waals surface area contributed by atoms with Gasteiger partial charge < -0.3 is 10.5 Å². The molecule has 1 unspecified atom stereocenters. The van der Waals surface area contributed by atoms with Crippen molar-refractivity contribution in [3.05, 3.63) is 23.8 Å². The summed E-state index contributed by atoms with van der Waals surface area (Å²) in [5, 5.41) is 0. The van der Waals surface area contributed by atoms with E-state index in [9.17, 15) is 8.42 Å². The summed E-state index contributed by atoms with van der Waals surface area (Å²) in [5.74, 6) is 0. The van der Waals surface area contributed by atoms with Crippen molar-refractivity contribution in [1.82, 2.24) is 4.72 Å². The first-order valence-corrected chi connectivity index (χ1v) is 6.93. The van der Waals surface area contributed by atoms with E-state index in [1.165, 1.54) is 6.07 Å². The van der Waals surface area contributed by atoms with E-state index < -0.39 is 10.0 Å². The van der Waals surface area contributed by atoms with Crippen LogP contribution in [0.4, 0.5) is 5.69 Å². The molecule has 0 amide bonds. The Morgan fingerprint density at radius 2 is 2.18 bits per heavy atom. The average Bonchev–Trinajstić information content (AvgIpc) is 2.68. The van der Waals surface area contributed by atoms with Crippen LogP contribution in [0.5, 0.6) is 0 Å². The molecular formula is C11H16N2O3S. The molecule has 0 saturated carbocycles. The lowest BCUT2D eigenvalue weighted by molar-refractivity contribution is 0.192. The van der Waals surface area contributed by atoms with Crippen LogP contribution in [-0.2, 0) is 14.8 Å². The maximum atomic E-state index is 12.1. The number of ether oxygens (including phenoxy) is 1. The summed E-state index contributed by atoms with van der Waals surface area (Å²) >= 11 is 0. The molecule has 1 aliphatic heterocycles. The molecule has 0 spiro atoms. The first kappa shape index (κ1) is 12.3. The Labute approximate surface area is 101 Å². The Kier molecular flexibility index (Phi) is 3.37. The SMILES string of the molecule is Cc1cc(N)cc(S(=O)(=O)NC2CCOC2)c1. The fourth-order valence-electron chi connectivity index (χ4n) is 1.85. The van der Waals surface area contributed by atoms with Crippen LogP contribution in [0.3, 0.4) is 0 Å². The number of aryl methyl sites for hydroxylation is 1. The Morgan fingerprint density at radius 3 is 2.76 bits per heavy atom. The average molecular weight is 256 g/mol. The molecule has 6 heteroatoms. The van der Waals surface area contributed by atoms with Crippen molar-refractivity contribution in [2.45, 2.75) is 24.3 Å². The normalized spacial score (nSPS) is 20.6. The van der Waals surface area contributed by atoms with Crippen molar-refractivity contribution in [3.63, 3.8) is 0 Å². The summed E-state index contributed by atoms with van der Waals surface area (Å²) < 4.78 is 31.9. The maximum absolute atomic E-state index is 12.1. The van der Waals surface area contributed by atoms with E-state index in [1.54, 1.807) is 12.1 Å². The van der Waals surface area contributed by atoms with Crippen molar-refractivity contribution in [2.75, 3.05) is 18.9 Å². The lowest BCUT2D eigenvalue weighted by Crippen LogP contribution is -2.35. The molecule has 0 aromatic heterocycles. The maximum Gasteiger partial charge on any atom is 0.240 e. The van der Waals surface area contributed by atoms with Gasteiger partial charge >= 0.3 is 0 Å². The van der Waals surface area contributed by atoms with Gasteiger partial charge in [-0.3, -0.25) is 0 Å². The monoisotopic (exact) mass is 256 g/mol. The first-order chi connectivity index (χ1) is 7.97. The molecule has 1 atom stereocenters. The molecule has 1 aromatic carbocycles. The van der Waals surface area contributed by atoms with Crippen LogP contribution >= 0.6 is 0 Å². The van der Waals surface area contributed by atoms with Gasteiger partial charge in [0.15, 0.2) is 0 Å². The Hall–Kier alpha value is -1.11. The lowest BCUT2D eigenvalue weighted by Gasteiger charge is -2.12. The van der Waals surface area contributed by atoms with Crippen LogP contribution < -0.4 is 10.5 Å². The Morgan fingerprint density at radius 1 is 1.41 bits per heavy atom. The summed E-state index contributed by atoms with van der Waals surface area (Å²) in [6.07, 6.45) is 0.709. The molecule has 0 bridgehead atoms. The predicted molar refractivity (Wildman–Crippen MR) is 65.1 cm³/mol. The number of benzene rings is 1. The molecule has 5 nitrogen and oxygen atoms in total. The number of anilines is 1. The van der Waals surface area contributed by atoms with Crippen LogP contribution in [-0.4, -0.2) is 27.7 Å². The van der Waals surface area contributed by atoms with Crippen molar-refractivity contribution in [2.24, 2.45) is 0 Å². The highest BCUT2D eigenvalue weighted by atomic mass is 32.2. The van der Waals surface area contributed by atoms with E-state index in [-0.39, 0.29) is 10.9 Å². The number of nitrogens with one attached hydrogen (secondary N) is 1. The highest BCUT2D eigenvalue weighted by Gasteiger charge is 2.23. The molecule has 0 aliphatic carbocycles. The molecule has 2 rings (SSSR count). The quantitative estimate of drug-likeness (QED) is 0.778. The third-order valence-electron chi connectivity index (χ3n) is 2.63. The topological polar surface area (TPSA) is 81.4 Å². The summed E-state index contributed by atoms with van der Waals surface area (Å²) in [4.78, 5) is 0.210. The highest BCUT2D eigenvalue weighted by Crippen LogP contribution is 2.17. The second-order valence-electron chi connectivity index (χ2n) is 4.26. The number of nitrogen functional groups attached to an aromatic ring is 1. The van der Waals surface area contributed by atoms with Crippen molar-refractivity contribution >= 4 is 15.7 Å². The van der Waals surface area contributed by atoms with Crippen LogP contribution in [0.15, 0.2) is 23.1 Å². The summed E-state index contributed by atoms with van der Waals surface area (Å²) in [6.45, 7) is 2.84. The summed E-state index contributed by atoms with van der Waals surface area (Å²) in [6, 6.07) is 4.67. The number of sulfonamides is 1. The first-order valence-electron chi connectivity index (χ1n) is 5.44. The highest BCUT2D eigenvalue weighted by molar-refractivity contribution is 7.89. The predicted octanol–water partition coefficient (Wildman–Crippen LogP) is 0.644. The minimum Gasteiger partial charge on any atom is -0.399 e. The van der Waals surface area contributed by atoms with E-state index in [2.05, 4.69) is 4.72 Å². The van der Waals surface area contributed by atoms with Gasteiger partial charge in [0.05, 0.1) is 11.5 Å². The van der Waals surface area contributed by atoms with Gasteiger partial charge in [0.2, 0.25) is 10.0 Å². The zero-order chi connectivity index (χ0) is 12.5. The molecule has 1 aliphatic rings. The van der Waals surface area contributed by atoms with Gasteiger partial charge in [-0.05, 0) is 37.1 Å². The van der Waals surface area contributed by atoms with E-state index in [0.717, 1.165) is 5.56 Å². The zero-order valence-corrected chi connectivity index (χ0v) is 10.5. The van der Waals surface area contributed by atoms with Crippen molar-refractivity contribution < 1.29 is 13.2 Å². The van der Waals surface area contributed by atoms with E-state index in [4.69, 9.17) is 10.5 Å². The van der Waals surface area contributed by atoms with Crippen LogP contribution in [0.2, 0.25) is 0 Å². The Bertz CT molecular complexity index is 487. The van der Waals surface area contributed by atoms with E-state index in [0.29, 0.717) is 25.3 Å². The molecular weight excluding hydrogens is 240 g/mol. The van der Waals surface area contributed by atoms with Crippen molar-refractivity contribution in [1.29, 1.82) is 0 Å². The summed E-state index contributed by atoms with van der Waals surface area (Å²) in [7, 11) is -3.50. The van der Waals surface area contributed by atoms with Gasteiger partial charge in [0.1, 0.15) is 0 Å². The van der Waals surface area contributed by atoms with E-state index >= 15 is 0 Å². The molecule has 1 aromatic rings. The smallest absolute Gasteiger partial charge is 0.240 e. The third kappa shape index (κ3) is 2.96. The lowest BCUT2D eigenvalue weighted by atomic mass is 10.2. The molecule has 1 saturated heterocycles. The minimum absolute atomic E-state index is 0.137. The molecule has 1 fully saturated rings. The minimum atomic E-state index is -3.50. The second-order valence-corrected chi connectivity index (χ2v) is 5.98. The van der Waals surface area contributed by atoms with Gasteiger partial charge in [0, 0.05) is 18.3 Å². The van der Waals surface area contributed by atoms with E-state index in [1.807, 2.05) is 6.92 Å². The zero-order valence-electron chi connectivity index (χ0n) is 9.64. The van der Waals surface area contributed by atoms with Crippen LogP contribution in [0, 0.1) is 6.92 Å². The molecule has 17 heavy (non-hydrogen) atoms. The molecule has 0 radical (unpaired) electrons. The largest absolute Gasteiger partial charge is 0.399 e. The van der Waals surface area contributed by atoms with Crippen LogP contribution in [0.1, 0.15) is 12.0 Å². The third-order valence-corrected chi connectivity index (χ3v) is 4.13. The number of hydrogen-bond acceptors (Lipinski definition) is 4. The van der Waals surface area contributed by atoms with Crippen LogP contribution in [0.25, 0.3) is 0 Å². The fraction of sp³-hybridized carbons (Fsp3) is 0.455. The van der Waals surface area contributed by atoms with Gasteiger partial charge in [-0.1, -0.05) is 0 Å². The number of hydrogen-bond donors (Lipinski definition) is 2. The number of nitrogens with two attached hydrogens (primary N) is 1. The van der Waals surface area contributed by atoms with Gasteiger partial charge in [0.25, 0.3) is 0 Å². The van der Waals surface area contributed by atoms with Gasteiger partial charge in [-0.15, -0.1) is 0 Å². The Balaban J connectivity index is 2.24. The van der Waals surface area contributed by atoms with Gasteiger partial charge in [-0.2, -0.15) is 0 Å². The number of rotatable bonds is 3. The molecule has 1 heterocycles. The molecule has 94 valence electrons. The molecule has 3 N–H and O–H groups in total.